The molecule has 0 amide bonds. The van der Waals surface area contributed by atoms with Gasteiger partial charge in [0.1, 0.15) is 11.7 Å². The van der Waals surface area contributed by atoms with E-state index in [1.54, 1.807) is 48.5 Å². The summed E-state index contributed by atoms with van der Waals surface area (Å²) < 4.78 is 9.84. The number of ether oxygens (including phenoxy) is 2. The van der Waals surface area contributed by atoms with Crippen LogP contribution in [0.15, 0.2) is 59.9 Å². The van der Waals surface area contributed by atoms with Gasteiger partial charge in [0, 0.05) is 5.92 Å². The Kier molecular flexibility index (Phi) is 6.55. The van der Waals surface area contributed by atoms with E-state index in [2.05, 4.69) is 12.1 Å². The minimum absolute atomic E-state index is 0.303. The van der Waals surface area contributed by atoms with Crippen LogP contribution in [0, 0.1) is 47.8 Å². The number of aliphatic hydroxyl groups is 1. The van der Waals surface area contributed by atoms with E-state index in [9.17, 15) is 25.2 Å². The number of rotatable bonds is 4. The summed E-state index contributed by atoms with van der Waals surface area (Å²) >= 11 is 0. The van der Waals surface area contributed by atoms with Gasteiger partial charge in [-0.3, -0.25) is 4.79 Å². The molecule has 0 spiro atoms. The van der Waals surface area contributed by atoms with Crippen LogP contribution in [0.1, 0.15) is 34.1 Å². The van der Waals surface area contributed by atoms with Gasteiger partial charge in [-0.1, -0.05) is 59.7 Å². The van der Waals surface area contributed by atoms with E-state index in [4.69, 9.17) is 9.47 Å². The maximum atomic E-state index is 12.9. The summed E-state index contributed by atoms with van der Waals surface area (Å²) in [5, 5.41) is 32.2. The third-order valence-corrected chi connectivity index (χ3v) is 6.22. The smallest absolute Gasteiger partial charge is 0.337 e. The normalized spacial score (nSPS) is 21.5. The van der Waals surface area contributed by atoms with Crippen LogP contribution >= 0.6 is 0 Å². The third-order valence-electron chi connectivity index (χ3n) is 6.22. The molecule has 1 N–H and O–H groups in total. The Hall–Kier alpha value is -4.10. The number of aryl methyl sites for hydroxylation is 2. The van der Waals surface area contributed by atoms with Gasteiger partial charge in [-0.05, 0) is 25.0 Å². The van der Waals surface area contributed by atoms with E-state index < -0.39 is 40.9 Å². The van der Waals surface area contributed by atoms with Crippen molar-refractivity contribution in [2.24, 2.45) is 11.3 Å². The van der Waals surface area contributed by atoms with E-state index in [0.29, 0.717) is 11.1 Å². The van der Waals surface area contributed by atoms with Gasteiger partial charge in [0.05, 0.1) is 37.8 Å². The number of carbonyl (C=O) groups excluding carboxylic acids is 2. The van der Waals surface area contributed by atoms with Crippen LogP contribution in [0.3, 0.4) is 0 Å². The first-order valence-electron chi connectivity index (χ1n) is 10.3. The SMILES string of the molecule is COC(=O)C1=C(O)[C@@H](C(=O)OC)[C@H](c2ccc(C)cc2)C(C#N)(C#N)[C@H]1c1ccc(C)cc1. The van der Waals surface area contributed by atoms with Crippen molar-refractivity contribution < 1.29 is 24.2 Å². The van der Waals surface area contributed by atoms with E-state index in [1.807, 2.05) is 13.8 Å². The number of esters is 2. The van der Waals surface area contributed by atoms with Gasteiger partial charge >= 0.3 is 11.9 Å². The zero-order chi connectivity index (χ0) is 24.3. The zero-order valence-electron chi connectivity index (χ0n) is 18.8. The first-order chi connectivity index (χ1) is 15.7. The summed E-state index contributed by atoms with van der Waals surface area (Å²) in [5.41, 5.74) is 0.600. The maximum absolute atomic E-state index is 12.9. The van der Waals surface area contributed by atoms with Crippen LogP contribution < -0.4 is 0 Å². The predicted octanol–water partition coefficient (Wildman–Crippen LogP) is 3.99. The monoisotopic (exact) mass is 444 g/mol. The highest BCUT2D eigenvalue weighted by Gasteiger charge is 2.61. The molecule has 0 radical (unpaired) electrons. The molecule has 3 atom stereocenters. The molecule has 2 aromatic carbocycles. The highest BCUT2D eigenvalue weighted by molar-refractivity contribution is 5.94. The van der Waals surface area contributed by atoms with Crippen LogP contribution in [0.4, 0.5) is 0 Å². The Morgan fingerprint density at radius 2 is 1.36 bits per heavy atom. The molecule has 0 bridgehead atoms. The molecule has 0 unspecified atom stereocenters. The molecular formula is C26H24N2O5. The highest BCUT2D eigenvalue weighted by atomic mass is 16.5. The second kappa shape index (κ2) is 9.18. The van der Waals surface area contributed by atoms with Gasteiger partial charge in [0.2, 0.25) is 0 Å². The Balaban J connectivity index is 2.47. The van der Waals surface area contributed by atoms with Gasteiger partial charge in [-0.15, -0.1) is 0 Å². The number of aliphatic hydroxyl groups excluding tert-OH is 1. The van der Waals surface area contributed by atoms with Crippen LogP contribution in [0.5, 0.6) is 0 Å². The summed E-state index contributed by atoms with van der Waals surface area (Å²) in [4.78, 5) is 25.8. The fourth-order valence-electron chi connectivity index (χ4n) is 4.56. The second-order valence-electron chi connectivity index (χ2n) is 8.12. The second-order valence-corrected chi connectivity index (χ2v) is 8.12. The van der Waals surface area contributed by atoms with Crippen molar-refractivity contribution in [1.29, 1.82) is 10.5 Å². The first kappa shape index (κ1) is 23.6. The average molecular weight is 444 g/mol. The topological polar surface area (TPSA) is 120 Å². The molecule has 3 rings (SSSR count). The number of benzene rings is 2. The van der Waals surface area contributed by atoms with Gasteiger partial charge in [-0.2, -0.15) is 10.5 Å². The van der Waals surface area contributed by atoms with Crippen molar-refractivity contribution in [3.05, 3.63) is 82.1 Å². The van der Waals surface area contributed by atoms with Crippen molar-refractivity contribution in [2.45, 2.75) is 25.7 Å². The number of carbonyl (C=O) groups is 2. The van der Waals surface area contributed by atoms with Crippen LogP contribution in [0.2, 0.25) is 0 Å². The lowest BCUT2D eigenvalue weighted by atomic mass is 9.54. The summed E-state index contributed by atoms with van der Waals surface area (Å²) in [6, 6.07) is 18.2. The van der Waals surface area contributed by atoms with Crippen molar-refractivity contribution in [3.8, 4) is 12.1 Å². The molecule has 33 heavy (non-hydrogen) atoms. The van der Waals surface area contributed by atoms with Crippen molar-refractivity contribution in [2.75, 3.05) is 14.2 Å². The van der Waals surface area contributed by atoms with Crippen molar-refractivity contribution in [3.63, 3.8) is 0 Å². The number of nitrogens with zero attached hydrogens (tertiary/aromatic N) is 2. The Morgan fingerprint density at radius 1 is 0.879 bits per heavy atom. The van der Waals surface area contributed by atoms with Crippen LogP contribution in [0.25, 0.3) is 0 Å². The molecule has 0 saturated heterocycles. The van der Waals surface area contributed by atoms with E-state index >= 15 is 0 Å². The number of hydrogen-bond acceptors (Lipinski definition) is 7. The molecular weight excluding hydrogens is 420 g/mol. The molecule has 0 heterocycles. The number of nitriles is 2. The molecule has 0 aliphatic heterocycles. The van der Waals surface area contributed by atoms with E-state index in [0.717, 1.165) is 25.3 Å². The molecule has 0 fully saturated rings. The van der Waals surface area contributed by atoms with E-state index in [1.165, 1.54) is 0 Å². The summed E-state index contributed by atoms with van der Waals surface area (Å²) in [5.74, 6) is -6.09. The molecule has 2 aromatic rings. The molecule has 1 aliphatic carbocycles. The predicted molar refractivity (Wildman–Crippen MR) is 119 cm³/mol. The average Bonchev–Trinajstić information content (AvgIpc) is 2.83. The fourth-order valence-corrected chi connectivity index (χ4v) is 4.56. The molecule has 168 valence electrons. The molecule has 7 heteroatoms. The minimum atomic E-state index is -1.93. The zero-order valence-corrected chi connectivity index (χ0v) is 18.8. The maximum Gasteiger partial charge on any atom is 0.337 e. The van der Waals surface area contributed by atoms with Crippen molar-refractivity contribution in [1.82, 2.24) is 0 Å². The van der Waals surface area contributed by atoms with Gasteiger partial charge in [0.25, 0.3) is 0 Å². The summed E-state index contributed by atoms with van der Waals surface area (Å²) in [7, 11) is 2.28. The minimum Gasteiger partial charge on any atom is -0.511 e. The lowest BCUT2D eigenvalue weighted by Gasteiger charge is -2.44. The Morgan fingerprint density at radius 3 is 1.79 bits per heavy atom. The van der Waals surface area contributed by atoms with Crippen LogP contribution in [-0.2, 0) is 19.1 Å². The van der Waals surface area contributed by atoms with E-state index in [-0.39, 0.29) is 5.57 Å². The lowest BCUT2D eigenvalue weighted by Crippen LogP contribution is -2.47. The molecule has 1 aliphatic rings. The van der Waals surface area contributed by atoms with Crippen LogP contribution in [-0.4, -0.2) is 31.3 Å². The summed E-state index contributed by atoms with van der Waals surface area (Å²) in [6.45, 7) is 3.76. The van der Waals surface area contributed by atoms with Gasteiger partial charge in [0.15, 0.2) is 5.41 Å². The number of hydrogen-bond donors (Lipinski definition) is 1. The quantitative estimate of drug-likeness (QED) is 0.708. The summed E-state index contributed by atoms with van der Waals surface area (Å²) in [6.07, 6.45) is 0. The largest absolute Gasteiger partial charge is 0.511 e. The highest BCUT2D eigenvalue weighted by Crippen LogP contribution is 2.58. The molecule has 7 nitrogen and oxygen atoms in total. The fraction of sp³-hybridized carbons (Fsp3) is 0.308. The molecule has 0 aromatic heterocycles. The third kappa shape index (κ3) is 3.83. The Bertz CT molecular complexity index is 1170. The van der Waals surface area contributed by atoms with Crippen molar-refractivity contribution >= 4 is 11.9 Å². The lowest BCUT2D eigenvalue weighted by molar-refractivity contribution is -0.147. The first-order valence-corrected chi connectivity index (χ1v) is 10.3. The van der Waals surface area contributed by atoms with Gasteiger partial charge in [-0.25, -0.2) is 4.79 Å². The van der Waals surface area contributed by atoms with Gasteiger partial charge < -0.3 is 14.6 Å². The number of methoxy groups -OCH3 is 2. The molecule has 0 saturated carbocycles. The standard InChI is InChI=1S/C26H24N2O5/c1-15-5-9-17(10-6-15)21-19(24(30)32-3)23(29)20(25(31)33-4)22(26(21,13-27)14-28)18-11-7-16(2)8-12-18/h5-12,19,21-22,29H,1-4H3/t19-,21-,22-/m0/s1. The Labute approximate surface area is 192 Å².